The first-order valence-corrected chi connectivity index (χ1v) is 5.62. The largest absolute Gasteiger partial charge is 0.453 e. The van der Waals surface area contributed by atoms with E-state index in [0.717, 1.165) is 5.56 Å². The predicted molar refractivity (Wildman–Crippen MR) is 64.7 cm³/mol. The van der Waals surface area contributed by atoms with Gasteiger partial charge in [-0.3, -0.25) is 4.98 Å². The fraction of sp³-hybridized carbons (Fsp3) is 0.250. The van der Waals surface area contributed by atoms with Gasteiger partial charge in [0.25, 0.3) is 0 Å². The van der Waals surface area contributed by atoms with E-state index in [4.69, 9.17) is 21.8 Å². The number of aliphatic hydroxyl groups is 1. The third kappa shape index (κ3) is 2.49. The molecule has 0 bridgehead atoms. The van der Waals surface area contributed by atoms with Crippen LogP contribution in [-0.4, -0.2) is 16.6 Å². The van der Waals surface area contributed by atoms with Crippen molar-refractivity contribution in [2.45, 2.75) is 12.0 Å². The quantitative estimate of drug-likeness (QED) is 0.874. The second-order valence-corrected chi connectivity index (χ2v) is 4.06. The van der Waals surface area contributed by atoms with Crippen molar-refractivity contribution in [1.82, 2.24) is 4.98 Å². The first kappa shape index (κ1) is 12.1. The zero-order valence-corrected chi connectivity index (χ0v) is 9.84. The van der Waals surface area contributed by atoms with E-state index in [1.165, 1.54) is 6.26 Å². The van der Waals surface area contributed by atoms with Gasteiger partial charge in [-0.05, 0) is 35.4 Å². The van der Waals surface area contributed by atoms with Crippen LogP contribution in [0, 0.1) is 0 Å². The number of aromatic nitrogens is 1. The Labute approximate surface area is 104 Å². The maximum absolute atomic E-state index is 10.3. The molecule has 0 aliphatic carbocycles. The standard InChI is InChI=1S/C12H13ClN2O2/c13-12-9(3-6-17-12)11(16)10(7-14)8-1-4-15-5-2-8/h1-6,10-11,16H,7,14H2. The van der Waals surface area contributed by atoms with Gasteiger partial charge in [-0.25, -0.2) is 0 Å². The number of rotatable bonds is 4. The van der Waals surface area contributed by atoms with E-state index >= 15 is 0 Å². The van der Waals surface area contributed by atoms with Crippen molar-refractivity contribution < 1.29 is 9.52 Å². The van der Waals surface area contributed by atoms with Crippen LogP contribution >= 0.6 is 11.6 Å². The van der Waals surface area contributed by atoms with Crippen LogP contribution in [0.5, 0.6) is 0 Å². The van der Waals surface area contributed by atoms with Crippen LogP contribution in [0.2, 0.25) is 5.22 Å². The van der Waals surface area contributed by atoms with Gasteiger partial charge in [0, 0.05) is 30.4 Å². The van der Waals surface area contributed by atoms with Gasteiger partial charge in [0.15, 0.2) is 5.22 Å². The highest BCUT2D eigenvalue weighted by atomic mass is 35.5. The van der Waals surface area contributed by atoms with E-state index in [9.17, 15) is 5.11 Å². The number of pyridine rings is 1. The molecule has 3 N–H and O–H groups in total. The Hall–Kier alpha value is -1.36. The van der Waals surface area contributed by atoms with E-state index in [1.807, 2.05) is 12.1 Å². The summed E-state index contributed by atoms with van der Waals surface area (Å²) >= 11 is 5.84. The van der Waals surface area contributed by atoms with Gasteiger partial charge < -0.3 is 15.3 Å². The highest BCUT2D eigenvalue weighted by molar-refractivity contribution is 6.29. The molecule has 4 nitrogen and oxygen atoms in total. The van der Waals surface area contributed by atoms with Gasteiger partial charge >= 0.3 is 0 Å². The normalized spacial score (nSPS) is 14.5. The molecule has 0 spiro atoms. The second kappa shape index (κ2) is 5.31. The Morgan fingerprint density at radius 2 is 2.06 bits per heavy atom. The molecule has 0 fully saturated rings. The molecular weight excluding hydrogens is 240 g/mol. The molecule has 0 aliphatic heterocycles. The average molecular weight is 253 g/mol. The first-order chi connectivity index (χ1) is 8.24. The monoisotopic (exact) mass is 252 g/mol. The van der Waals surface area contributed by atoms with E-state index < -0.39 is 6.10 Å². The zero-order chi connectivity index (χ0) is 12.3. The van der Waals surface area contributed by atoms with Crippen LogP contribution in [0.1, 0.15) is 23.1 Å². The fourth-order valence-electron chi connectivity index (χ4n) is 1.79. The van der Waals surface area contributed by atoms with Crippen LogP contribution in [0.4, 0.5) is 0 Å². The van der Waals surface area contributed by atoms with Crippen molar-refractivity contribution in [2.24, 2.45) is 5.73 Å². The summed E-state index contributed by atoms with van der Waals surface area (Å²) in [7, 11) is 0. The van der Waals surface area contributed by atoms with Crippen molar-refractivity contribution in [3.8, 4) is 0 Å². The number of furan rings is 1. The molecule has 2 aromatic heterocycles. The maximum atomic E-state index is 10.3. The molecule has 2 unspecified atom stereocenters. The third-order valence-electron chi connectivity index (χ3n) is 2.73. The highest BCUT2D eigenvalue weighted by Gasteiger charge is 2.24. The SMILES string of the molecule is NCC(c1ccncc1)C(O)c1ccoc1Cl. The summed E-state index contributed by atoms with van der Waals surface area (Å²) in [6, 6.07) is 5.31. The predicted octanol–water partition coefficient (Wildman–Crippen LogP) is 2.10. The molecule has 17 heavy (non-hydrogen) atoms. The molecule has 0 amide bonds. The maximum Gasteiger partial charge on any atom is 0.198 e. The summed E-state index contributed by atoms with van der Waals surface area (Å²) < 4.78 is 4.97. The van der Waals surface area contributed by atoms with Crippen LogP contribution in [0.15, 0.2) is 41.3 Å². The molecule has 0 radical (unpaired) electrons. The molecule has 2 atom stereocenters. The lowest BCUT2D eigenvalue weighted by molar-refractivity contribution is 0.147. The summed E-state index contributed by atoms with van der Waals surface area (Å²) in [4.78, 5) is 3.93. The van der Waals surface area contributed by atoms with E-state index in [1.54, 1.807) is 18.5 Å². The van der Waals surface area contributed by atoms with Gasteiger partial charge in [-0.2, -0.15) is 0 Å². The zero-order valence-electron chi connectivity index (χ0n) is 9.08. The van der Waals surface area contributed by atoms with Crippen molar-refractivity contribution in [1.29, 1.82) is 0 Å². The minimum absolute atomic E-state index is 0.199. The van der Waals surface area contributed by atoms with Crippen molar-refractivity contribution in [3.63, 3.8) is 0 Å². The lowest BCUT2D eigenvalue weighted by Gasteiger charge is -2.21. The summed E-state index contributed by atoms with van der Waals surface area (Å²) in [5.74, 6) is -0.229. The summed E-state index contributed by atoms with van der Waals surface area (Å²) in [5.41, 5.74) is 7.19. The van der Waals surface area contributed by atoms with Crippen molar-refractivity contribution in [3.05, 3.63) is 53.2 Å². The Bertz CT molecular complexity index is 472. The lowest BCUT2D eigenvalue weighted by atomic mass is 9.91. The Balaban J connectivity index is 2.28. The van der Waals surface area contributed by atoms with Gasteiger partial charge in [-0.15, -0.1) is 0 Å². The lowest BCUT2D eigenvalue weighted by Crippen LogP contribution is -2.20. The first-order valence-electron chi connectivity index (χ1n) is 5.25. The van der Waals surface area contributed by atoms with Crippen LogP contribution in [-0.2, 0) is 0 Å². The van der Waals surface area contributed by atoms with Gasteiger partial charge in [0.1, 0.15) is 0 Å². The molecule has 90 valence electrons. The Morgan fingerprint density at radius 1 is 1.35 bits per heavy atom. The number of hydrogen-bond acceptors (Lipinski definition) is 4. The topological polar surface area (TPSA) is 72.3 Å². The second-order valence-electron chi connectivity index (χ2n) is 3.72. The molecule has 2 aromatic rings. The minimum Gasteiger partial charge on any atom is -0.453 e. The number of nitrogens with zero attached hydrogens (tertiary/aromatic N) is 1. The minimum atomic E-state index is -0.784. The smallest absolute Gasteiger partial charge is 0.198 e. The van der Waals surface area contributed by atoms with E-state index in [2.05, 4.69) is 4.98 Å². The number of hydrogen-bond donors (Lipinski definition) is 2. The summed E-state index contributed by atoms with van der Waals surface area (Å²) in [5, 5.41) is 10.5. The van der Waals surface area contributed by atoms with Crippen molar-refractivity contribution >= 4 is 11.6 Å². The molecule has 0 aromatic carbocycles. The highest BCUT2D eigenvalue weighted by Crippen LogP contribution is 2.34. The molecule has 2 rings (SSSR count). The van der Waals surface area contributed by atoms with Crippen molar-refractivity contribution in [2.75, 3.05) is 6.54 Å². The molecule has 5 heteroatoms. The van der Waals surface area contributed by atoms with E-state index in [-0.39, 0.29) is 11.1 Å². The fourth-order valence-corrected chi connectivity index (χ4v) is 2.02. The molecule has 0 saturated carbocycles. The van der Waals surface area contributed by atoms with Gasteiger partial charge in [0.2, 0.25) is 0 Å². The average Bonchev–Trinajstić information content (AvgIpc) is 2.77. The summed E-state index contributed by atoms with van der Waals surface area (Å²) in [6.45, 7) is 0.312. The Morgan fingerprint density at radius 3 is 2.59 bits per heavy atom. The van der Waals surface area contributed by atoms with Gasteiger partial charge in [0.05, 0.1) is 12.4 Å². The summed E-state index contributed by atoms with van der Waals surface area (Å²) in [6.07, 6.45) is 4.00. The van der Waals surface area contributed by atoms with Crippen LogP contribution in [0.25, 0.3) is 0 Å². The molecule has 0 aliphatic rings. The van der Waals surface area contributed by atoms with E-state index in [0.29, 0.717) is 12.1 Å². The number of nitrogens with two attached hydrogens (primary N) is 1. The number of halogens is 1. The van der Waals surface area contributed by atoms with Crippen LogP contribution in [0.3, 0.4) is 0 Å². The molecule has 2 heterocycles. The Kier molecular flexibility index (Phi) is 3.78. The van der Waals surface area contributed by atoms with Crippen LogP contribution < -0.4 is 5.73 Å². The molecular formula is C12H13ClN2O2. The van der Waals surface area contributed by atoms with Gasteiger partial charge in [-0.1, -0.05) is 0 Å². The molecule has 0 saturated heterocycles. The third-order valence-corrected chi connectivity index (χ3v) is 3.04. The number of aliphatic hydroxyl groups excluding tert-OH is 1.